The Kier molecular flexibility index (Phi) is 11.9. The van der Waals surface area contributed by atoms with Gasteiger partial charge in [0.1, 0.15) is 0 Å². The third-order valence-corrected chi connectivity index (χ3v) is 11.7. The van der Waals surface area contributed by atoms with Crippen molar-refractivity contribution in [1.82, 2.24) is 9.39 Å². The summed E-state index contributed by atoms with van der Waals surface area (Å²) < 4.78 is 52.8. The van der Waals surface area contributed by atoms with Gasteiger partial charge in [-0.05, 0) is 81.3 Å². The number of ether oxygens (including phenoxy) is 2. The molecule has 0 aliphatic heterocycles. The van der Waals surface area contributed by atoms with E-state index in [1.54, 1.807) is 86.7 Å². The van der Waals surface area contributed by atoms with Crippen molar-refractivity contribution in [2.45, 2.75) is 44.2 Å². The molecule has 9 nitrogen and oxygen atoms in total. The van der Waals surface area contributed by atoms with E-state index in [9.17, 15) is 22.6 Å². The van der Waals surface area contributed by atoms with Gasteiger partial charge in [0.2, 0.25) is 7.29 Å². The molecule has 0 fully saturated rings. The van der Waals surface area contributed by atoms with Crippen LogP contribution in [0.15, 0.2) is 126 Å². The molecule has 1 unspecified atom stereocenters. The van der Waals surface area contributed by atoms with Gasteiger partial charge < -0.3 is 9.47 Å². The van der Waals surface area contributed by atoms with Gasteiger partial charge >= 0.3 is 12.1 Å². The quantitative estimate of drug-likeness (QED) is 0.0967. The molecule has 0 radical (unpaired) electrons. The first-order chi connectivity index (χ1) is 22.5. The fourth-order valence-electron chi connectivity index (χ4n) is 4.77. The van der Waals surface area contributed by atoms with Gasteiger partial charge in [-0.25, -0.2) is 27.4 Å². The summed E-state index contributed by atoms with van der Waals surface area (Å²) in [5, 5.41) is 4.57. The number of benzene rings is 4. The molecule has 1 N–H and O–H groups in total. The molecule has 4 aromatic rings. The van der Waals surface area contributed by atoms with Crippen molar-refractivity contribution in [2.75, 3.05) is 13.7 Å². The Morgan fingerprint density at radius 1 is 0.851 bits per heavy atom. The molecule has 246 valence electrons. The summed E-state index contributed by atoms with van der Waals surface area (Å²) in [6.07, 6.45) is 2.14. The van der Waals surface area contributed by atoms with Crippen LogP contribution in [0.1, 0.15) is 47.8 Å². The molecule has 1 amide bonds. The maximum atomic E-state index is 14.9. The summed E-state index contributed by atoms with van der Waals surface area (Å²) in [7, 11) is -6.33. The van der Waals surface area contributed by atoms with Crippen LogP contribution in [0.5, 0.6) is 0 Å². The van der Waals surface area contributed by atoms with E-state index in [0.717, 1.165) is 9.87 Å². The number of esters is 1. The molecule has 1 atom stereocenters. The number of hydrogen-bond donors (Lipinski definition) is 1. The lowest BCUT2D eigenvalue weighted by Gasteiger charge is -2.26. The monoisotopic (exact) mass is 674 g/mol. The van der Waals surface area contributed by atoms with Gasteiger partial charge in [0, 0.05) is 17.2 Å². The first kappa shape index (κ1) is 35.4. The van der Waals surface area contributed by atoms with Gasteiger partial charge in [-0.3, -0.25) is 4.57 Å². The van der Waals surface area contributed by atoms with Crippen LogP contribution in [-0.2, 0) is 24.1 Å². The van der Waals surface area contributed by atoms with E-state index in [-0.39, 0.29) is 17.9 Å². The highest BCUT2D eigenvalue weighted by Crippen LogP contribution is 2.42. The number of nitrogens with one attached hydrogen (secondary N) is 1. The molecule has 0 aromatic heterocycles. The lowest BCUT2D eigenvalue weighted by atomic mass is 10.0. The SMILES string of the molecule is COC(=O)c1ccc(C(/C=C/CCN(C(=O)OC(C)C)S(=O)(=O)c2ccc(C)cc2)NP(=O)(c2ccccc2)c2ccccc2)cc1. The van der Waals surface area contributed by atoms with Crippen molar-refractivity contribution in [3.8, 4) is 0 Å². The van der Waals surface area contributed by atoms with Crippen molar-refractivity contribution in [3.63, 3.8) is 0 Å². The zero-order valence-electron chi connectivity index (χ0n) is 26.8. The van der Waals surface area contributed by atoms with E-state index in [4.69, 9.17) is 9.47 Å². The van der Waals surface area contributed by atoms with Gasteiger partial charge in [0.25, 0.3) is 10.0 Å². The highest BCUT2D eigenvalue weighted by molar-refractivity contribution is 7.89. The predicted molar refractivity (Wildman–Crippen MR) is 184 cm³/mol. The number of methoxy groups -OCH3 is 1. The van der Waals surface area contributed by atoms with Crippen LogP contribution in [0.3, 0.4) is 0 Å². The average Bonchev–Trinajstić information content (AvgIpc) is 3.07. The summed E-state index contributed by atoms with van der Waals surface area (Å²) in [6, 6.07) is 30.5. The van der Waals surface area contributed by atoms with E-state index in [1.807, 2.05) is 43.3 Å². The molecule has 11 heteroatoms. The van der Waals surface area contributed by atoms with E-state index in [0.29, 0.717) is 21.7 Å². The number of sulfonamides is 1. The lowest BCUT2D eigenvalue weighted by Crippen LogP contribution is -2.39. The van der Waals surface area contributed by atoms with Crippen molar-refractivity contribution in [2.24, 2.45) is 0 Å². The molecular weight excluding hydrogens is 635 g/mol. The Morgan fingerprint density at radius 2 is 1.40 bits per heavy atom. The maximum Gasteiger partial charge on any atom is 0.424 e. The van der Waals surface area contributed by atoms with Crippen LogP contribution in [0.4, 0.5) is 4.79 Å². The van der Waals surface area contributed by atoms with Crippen LogP contribution >= 0.6 is 7.29 Å². The van der Waals surface area contributed by atoms with Crippen LogP contribution in [0.2, 0.25) is 0 Å². The van der Waals surface area contributed by atoms with E-state index in [2.05, 4.69) is 5.09 Å². The first-order valence-corrected chi connectivity index (χ1v) is 18.2. The summed E-state index contributed by atoms with van der Waals surface area (Å²) in [5.74, 6) is -0.487. The van der Waals surface area contributed by atoms with Crippen LogP contribution in [0, 0.1) is 6.92 Å². The van der Waals surface area contributed by atoms with Gasteiger partial charge in [0.05, 0.1) is 29.7 Å². The first-order valence-electron chi connectivity index (χ1n) is 15.1. The number of nitrogens with zero attached hydrogens (tertiary/aromatic N) is 1. The molecule has 0 aliphatic rings. The Balaban J connectivity index is 1.69. The van der Waals surface area contributed by atoms with Gasteiger partial charge in [-0.1, -0.05) is 78.4 Å². The predicted octanol–water partition coefficient (Wildman–Crippen LogP) is 6.52. The lowest BCUT2D eigenvalue weighted by molar-refractivity contribution is 0.0600. The zero-order valence-corrected chi connectivity index (χ0v) is 28.5. The minimum Gasteiger partial charge on any atom is -0.465 e. The number of carbonyl (C=O) groups excluding carboxylic acids is 2. The fraction of sp³-hybridized carbons (Fsp3) is 0.222. The third-order valence-electron chi connectivity index (χ3n) is 7.23. The average molecular weight is 675 g/mol. The van der Waals surface area contributed by atoms with Gasteiger partial charge in [-0.15, -0.1) is 0 Å². The molecule has 0 aliphatic carbocycles. The van der Waals surface area contributed by atoms with Gasteiger partial charge in [0.15, 0.2) is 0 Å². The van der Waals surface area contributed by atoms with Gasteiger partial charge in [-0.2, -0.15) is 0 Å². The smallest absolute Gasteiger partial charge is 0.424 e. The molecule has 0 bridgehead atoms. The highest BCUT2D eigenvalue weighted by Gasteiger charge is 2.32. The van der Waals surface area contributed by atoms with Crippen LogP contribution in [0.25, 0.3) is 0 Å². The molecule has 4 rings (SSSR count). The fourth-order valence-corrected chi connectivity index (χ4v) is 8.50. The normalized spacial score (nSPS) is 12.5. The molecule has 47 heavy (non-hydrogen) atoms. The van der Waals surface area contributed by atoms with Crippen molar-refractivity contribution in [3.05, 3.63) is 138 Å². The van der Waals surface area contributed by atoms with E-state index >= 15 is 0 Å². The highest BCUT2D eigenvalue weighted by atomic mass is 32.2. The number of carbonyl (C=O) groups is 2. The second-order valence-corrected chi connectivity index (χ2v) is 15.4. The van der Waals surface area contributed by atoms with Crippen molar-refractivity contribution >= 4 is 40.0 Å². The molecule has 0 heterocycles. The Labute approximate surface area is 276 Å². The number of rotatable bonds is 13. The summed E-state index contributed by atoms with van der Waals surface area (Å²) in [6.45, 7) is 4.94. The molecule has 0 saturated heterocycles. The second kappa shape index (κ2) is 15.9. The Morgan fingerprint density at radius 3 is 1.91 bits per heavy atom. The zero-order chi connectivity index (χ0) is 34.0. The Bertz CT molecular complexity index is 1780. The third kappa shape index (κ3) is 8.86. The maximum absolute atomic E-state index is 14.9. The van der Waals surface area contributed by atoms with E-state index in [1.165, 1.54) is 19.2 Å². The molecule has 4 aromatic carbocycles. The summed E-state index contributed by atoms with van der Waals surface area (Å²) in [5.41, 5.74) is 1.93. The minimum atomic E-state index is -4.21. The number of hydrogen-bond acceptors (Lipinski definition) is 7. The van der Waals surface area contributed by atoms with Crippen LogP contribution in [-0.4, -0.2) is 44.5 Å². The molecule has 0 saturated carbocycles. The summed E-state index contributed by atoms with van der Waals surface area (Å²) in [4.78, 5) is 25.1. The van der Waals surface area contributed by atoms with Crippen molar-refractivity contribution in [1.29, 1.82) is 0 Å². The van der Waals surface area contributed by atoms with Crippen molar-refractivity contribution < 1.29 is 32.0 Å². The van der Waals surface area contributed by atoms with Crippen LogP contribution < -0.4 is 15.7 Å². The minimum absolute atomic E-state index is 0.0234. The Hall–Kier alpha value is -4.50. The summed E-state index contributed by atoms with van der Waals surface area (Å²) >= 11 is 0. The van der Waals surface area contributed by atoms with E-state index < -0.39 is 41.5 Å². The molecule has 0 spiro atoms. The number of amides is 1. The second-order valence-electron chi connectivity index (χ2n) is 11.0. The standard InChI is InChI=1S/C36H39N2O7PS/c1-27(2)45-36(40)38(47(42,43)33-24-18-28(3)19-25-33)26-12-11-17-34(29-20-22-30(23-21-29)35(39)44-4)37-46(41,31-13-7-5-8-14-31)32-15-9-6-10-16-32/h5-11,13-25,27,34H,12,26H2,1-4H3,(H,37,41)/b17-11+. The molecular formula is C36H39N2O7PS. The largest absolute Gasteiger partial charge is 0.465 e. The topological polar surface area (TPSA) is 119 Å². The number of aryl methyl sites for hydroxylation is 1.